The molecule has 0 aliphatic heterocycles. The molecule has 0 fully saturated rings. The first-order valence-electron chi connectivity index (χ1n) is 4.12. The summed E-state index contributed by atoms with van der Waals surface area (Å²) in [6, 6.07) is 5.76. The van der Waals surface area contributed by atoms with Crippen molar-refractivity contribution in [3.05, 3.63) is 23.8 Å². The van der Waals surface area contributed by atoms with Gasteiger partial charge in [0.1, 0.15) is 5.01 Å². The van der Waals surface area contributed by atoms with Gasteiger partial charge in [0.15, 0.2) is 0 Å². The van der Waals surface area contributed by atoms with Crippen molar-refractivity contribution in [2.24, 2.45) is 0 Å². The van der Waals surface area contributed by atoms with Gasteiger partial charge in [0.05, 0.1) is 0 Å². The van der Waals surface area contributed by atoms with Crippen LogP contribution in [0.5, 0.6) is 0 Å². The third-order valence-corrected chi connectivity index (χ3v) is 2.76. The van der Waals surface area contributed by atoms with E-state index in [4.69, 9.17) is 11.5 Å². The van der Waals surface area contributed by atoms with Gasteiger partial charge >= 0.3 is 0 Å². The molecule has 5 heteroatoms. The molecule has 0 saturated carbocycles. The van der Waals surface area contributed by atoms with Crippen molar-refractivity contribution in [1.82, 2.24) is 10.2 Å². The van der Waals surface area contributed by atoms with Crippen molar-refractivity contribution >= 4 is 22.2 Å². The van der Waals surface area contributed by atoms with E-state index in [1.807, 2.05) is 25.1 Å². The van der Waals surface area contributed by atoms with E-state index in [2.05, 4.69) is 10.2 Å². The Bertz CT molecular complexity index is 464. The van der Waals surface area contributed by atoms with Crippen LogP contribution in [0.3, 0.4) is 0 Å². The van der Waals surface area contributed by atoms with Gasteiger partial charge in [-0.3, -0.25) is 0 Å². The normalized spacial score (nSPS) is 10.4. The maximum Gasteiger partial charge on any atom is 0.203 e. The van der Waals surface area contributed by atoms with E-state index in [9.17, 15) is 0 Å². The molecule has 1 heterocycles. The van der Waals surface area contributed by atoms with Gasteiger partial charge in [-0.25, -0.2) is 0 Å². The molecule has 72 valence electrons. The summed E-state index contributed by atoms with van der Waals surface area (Å²) >= 11 is 1.37. The minimum absolute atomic E-state index is 0.481. The number of aryl methyl sites for hydroxylation is 1. The molecule has 0 amide bonds. The Kier molecular flexibility index (Phi) is 2.09. The first-order chi connectivity index (χ1) is 6.66. The van der Waals surface area contributed by atoms with Crippen molar-refractivity contribution in [1.29, 1.82) is 0 Å². The van der Waals surface area contributed by atoms with Crippen LogP contribution in [0.1, 0.15) is 5.56 Å². The zero-order chi connectivity index (χ0) is 10.1. The lowest BCUT2D eigenvalue weighted by Crippen LogP contribution is -1.89. The van der Waals surface area contributed by atoms with E-state index in [-0.39, 0.29) is 0 Å². The highest BCUT2D eigenvalue weighted by Gasteiger charge is 2.05. The number of aromatic nitrogens is 2. The Balaban J connectivity index is 2.47. The Morgan fingerprint density at radius 3 is 2.57 bits per heavy atom. The molecule has 14 heavy (non-hydrogen) atoms. The average Bonchev–Trinajstić information content (AvgIpc) is 2.57. The van der Waals surface area contributed by atoms with Gasteiger partial charge in [-0.15, -0.1) is 10.2 Å². The predicted octanol–water partition coefficient (Wildman–Crippen LogP) is 1.68. The maximum atomic E-state index is 5.71. The third-order valence-electron chi connectivity index (χ3n) is 1.96. The fraction of sp³-hybridized carbons (Fsp3) is 0.111. The van der Waals surface area contributed by atoms with Gasteiger partial charge in [-0.05, 0) is 30.7 Å². The number of hydrogen-bond acceptors (Lipinski definition) is 5. The molecule has 0 spiro atoms. The summed E-state index contributed by atoms with van der Waals surface area (Å²) in [7, 11) is 0. The molecule has 0 bridgehead atoms. The van der Waals surface area contributed by atoms with E-state index in [1.54, 1.807) is 0 Å². The quantitative estimate of drug-likeness (QED) is 0.696. The minimum atomic E-state index is 0.481. The molecular weight excluding hydrogens is 196 g/mol. The van der Waals surface area contributed by atoms with Crippen LogP contribution in [0.25, 0.3) is 10.6 Å². The number of benzene rings is 1. The van der Waals surface area contributed by atoms with Crippen LogP contribution in [0, 0.1) is 6.92 Å². The standard InChI is InChI=1S/C9H10N4S/c1-5-4-6(2-3-7(5)10)8-12-13-9(11)14-8/h2-4H,10H2,1H3,(H2,11,13). The predicted molar refractivity (Wildman–Crippen MR) is 58.9 cm³/mol. The Morgan fingerprint density at radius 2 is 2.00 bits per heavy atom. The minimum Gasteiger partial charge on any atom is -0.399 e. The summed E-state index contributed by atoms with van der Waals surface area (Å²) in [4.78, 5) is 0. The Labute approximate surface area is 85.6 Å². The van der Waals surface area contributed by atoms with Crippen LogP contribution in [-0.2, 0) is 0 Å². The zero-order valence-corrected chi connectivity index (χ0v) is 8.51. The Morgan fingerprint density at radius 1 is 1.21 bits per heavy atom. The van der Waals surface area contributed by atoms with E-state index >= 15 is 0 Å². The van der Waals surface area contributed by atoms with Crippen molar-refractivity contribution in [2.75, 3.05) is 11.5 Å². The third kappa shape index (κ3) is 1.54. The molecule has 0 aliphatic rings. The van der Waals surface area contributed by atoms with Gasteiger partial charge in [-0.2, -0.15) is 0 Å². The van der Waals surface area contributed by atoms with Gasteiger partial charge in [0, 0.05) is 11.3 Å². The topological polar surface area (TPSA) is 77.8 Å². The van der Waals surface area contributed by atoms with Crippen molar-refractivity contribution in [3.8, 4) is 10.6 Å². The van der Waals surface area contributed by atoms with E-state index in [0.717, 1.165) is 21.8 Å². The monoisotopic (exact) mass is 206 g/mol. The Hall–Kier alpha value is -1.62. The van der Waals surface area contributed by atoms with Crippen LogP contribution in [-0.4, -0.2) is 10.2 Å². The summed E-state index contributed by atoms with van der Waals surface area (Å²) in [6.07, 6.45) is 0. The highest BCUT2D eigenvalue weighted by molar-refractivity contribution is 7.18. The number of rotatable bonds is 1. The molecule has 0 saturated heterocycles. The van der Waals surface area contributed by atoms with E-state index in [0.29, 0.717) is 5.13 Å². The maximum absolute atomic E-state index is 5.71. The molecule has 4 N–H and O–H groups in total. The first-order valence-corrected chi connectivity index (χ1v) is 4.94. The summed E-state index contributed by atoms with van der Waals surface area (Å²) < 4.78 is 0. The number of nitrogens with two attached hydrogens (primary N) is 2. The molecule has 0 aliphatic carbocycles. The molecular formula is C9H10N4S. The number of nitrogens with zero attached hydrogens (tertiary/aromatic N) is 2. The number of anilines is 2. The van der Waals surface area contributed by atoms with Crippen molar-refractivity contribution < 1.29 is 0 Å². The molecule has 0 unspecified atom stereocenters. The average molecular weight is 206 g/mol. The second-order valence-corrected chi connectivity index (χ2v) is 4.03. The van der Waals surface area contributed by atoms with E-state index in [1.165, 1.54) is 11.3 Å². The molecule has 1 aromatic carbocycles. The second-order valence-electron chi connectivity index (χ2n) is 3.02. The van der Waals surface area contributed by atoms with Crippen molar-refractivity contribution in [2.45, 2.75) is 6.92 Å². The van der Waals surface area contributed by atoms with Gasteiger partial charge in [0.2, 0.25) is 5.13 Å². The van der Waals surface area contributed by atoms with Crippen LogP contribution in [0.15, 0.2) is 18.2 Å². The highest BCUT2D eigenvalue weighted by Crippen LogP contribution is 2.26. The molecule has 0 atom stereocenters. The molecule has 4 nitrogen and oxygen atoms in total. The molecule has 2 rings (SSSR count). The number of hydrogen-bond donors (Lipinski definition) is 2. The van der Waals surface area contributed by atoms with Gasteiger partial charge < -0.3 is 11.5 Å². The largest absolute Gasteiger partial charge is 0.399 e. The van der Waals surface area contributed by atoms with Crippen LogP contribution in [0.2, 0.25) is 0 Å². The summed E-state index contributed by atoms with van der Waals surface area (Å²) in [5, 5.41) is 9.03. The number of nitrogen functional groups attached to an aromatic ring is 2. The summed E-state index contributed by atoms with van der Waals surface area (Å²) in [5.74, 6) is 0. The smallest absolute Gasteiger partial charge is 0.203 e. The molecule has 1 aromatic heterocycles. The molecule has 0 radical (unpaired) electrons. The summed E-state index contributed by atoms with van der Waals surface area (Å²) in [5.41, 5.74) is 14.0. The molecule has 2 aromatic rings. The van der Waals surface area contributed by atoms with Crippen molar-refractivity contribution in [3.63, 3.8) is 0 Å². The zero-order valence-electron chi connectivity index (χ0n) is 7.69. The SMILES string of the molecule is Cc1cc(-c2nnc(N)s2)ccc1N. The van der Waals surface area contributed by atoms with Gasteiger partial charge in [-0.1, -0.05) is 11.3 Å². The lowest BCUT2D eigenvalue weighted by atomic mass is 10.1. The first kappa shape index (κ1) is 8.96. The van der Waals surface area contributed by atoms with E-state index < -0.39 is 0 Å². The van der Waals surface area contributed by atoms with Crippen LogP contribution < -0.4 is 11.5 Å². The fourth-order valence-corrected chi connectivity index (χ4v) is 1.77. The van der Waals surface area contributed by atoms with Crippen LogP contribution >= 0.6 is 11.3 Å². The summed E-state index contributed by atoms with van der Waals surface area (Å²) in [6.45, 7) is 1.96. The second kappa shape index (κ2) is 3.26. The fourth-order valence-electron chi connectivity index (χ4n) is 1.16. The van der Waals surface area contributed by atoms with Gasteiger partial charge in [0.25, 0.3) is 0 Å². The van der Waals surface area contributed by atoms with Crippen LogP contribution in [0.4, 0.5) is 10.8 Å². The lowest BCUT2D eigenvalue weighted by Gasteiger charge is -2.00. The lowest BCUT2D eigenvalue weighted by molar-refractivity contribution is 1.10. The highest BCUT2D eigenvalue weighted by atomic mass is 32.1.